The van der Waals surface area contributed by atoms with Gasteiger partial charge in [0.05, 0.1) is 18.8 Å². The highest BCUT2D eigenvalue weighted by atomic mass is 79.9. The Morgan fingerprint density at radius 2 is 1.79 bits per heavy atom. The van der Waals surface area contributed by atoms with Crippen LogP contribution >= 0.6 is 15.9 Å². The van der Waals surface area contributed by atoms with Crippen molar-refractivity contribution in [1.29, 1.82) is 0 Å². The first-order valence-electron chi connectivity index (χ1n) is 7.87. The van der Waals surface area contributed by atoms with Gasteiger partial charge < -0.3 is 10.1 Å². The molecule has 0 saturated heterocycles. The van der Waals surface area contributed by atoms with E-state index in [0.29, 0.717) is 11.4 Å². The molecular weight excluding hydrogens is 368 g/mol. The molecule has 0 radical (unpaired) electrons. The summed E-state index contributed by atoms with van der Waals surface area (Å²) in [6, 6.07) is 13.5. The summed E-state index contributed by atoms with van der Waals surface area (Å²) in [5.74, 6) is 0.560. The van der Waals surface area contributed by atoms with Gasteiger partial charge in [0.15, 0.2) is 0 Å². The summed E-state index contributed by atoms with van der Waals surface area (Å²) >= 11 is 3.43. The molecule has 0 aromatic heterocycles. The van der Waals surface area contributed by atoms with Gasteiger partial charge in [0.25, 0.3) is 0 Å². The van der Waals surface area contributed by atoms with E-state index < -0.39 is 0 Å². The summed E-state index contributed by atoms with van der Waals surface area (Å²) in [4.78, 5) is 12.5. The van der Waals surface area contributed by atoms with Crippen LogP contribution < -0.4 is 15.4 Å². The van der Waals surface area contributed by atoms with Crippen molar-refractivity contribution in [3.63, 3.8) is 0 Å². The average molecular weight is 391 g/mol. The number of halogens is 1. The second kappa shape index (κ2) is 8.31. The quantitative estimate of drug-likeness (QED) is 0.765. The van der Waals surface area contributed by atoms with Gasteiger partial charge in [-0.05, 0) is 56.2 Å². The van der Waals surface area contributed by atoms with Crippen molar-refractivity contribution in [3.8, 4) is 5.75 Å². The molecule has 0 fully saturated rings. The molecule has 2 rings (SSSR count). The predicted molar refractivity (Wildman–Crippen MR) is 102 cm³/mol. The number of ether oxygens (including phenoxy) is 1. The topological polar surface area (TPSA) is 50.4 Å². The van der Waals surface area contributed by atoms with Crippen LogP contribution in [0, 0.1) is 6.92 Å². The second-order valence-electron chi connectivity index (χ2n) is 5.85. The van der Waals surface area contributed by atoms with E-state index in [2.05, 4.69) is 26.6 Å². The Morgan fingerprint density at radius 1 is 1.12 bits per heavy atom. The van der Waals surface area contributed by atoms with E-state index >= 15 is 0 Å². The number of carbonyl (C=O) groups is 1. The lowest BCUT2D eigenvalue weighted by Gasteiger charge is -2.21. The molecule has 0 bridgehead atoms. The van der Waals surface area contributed by atoms with Crippen LogP contribution in [0.25, 0.3) is 0 Å². The molecule has 2 atom stereocenters. The summed E-state index contributed by atoms with van der Waals surface area (Å²) in [6.07, 6.45) is 0. The number of aryl methyl sites for hydroxylation is 1. The highest BCUT2D eigenvalue weighted by Crippen LogP contribution is 2.25. The third kappa shape index (κ3) is 4.82. The molecule has 0 saturated carbocycles. The molecule has 2 aromatic carbocycles. The lowest BCUT2D eigenvalue weighted by molar-refractivity contribution is -0.117. The fourth-order valence-corrected chi connectivity index (χ4v) is 2.72. The van der Waals surface area contributed by atoms with Gasteiger partial charge in [-0.15, -0.1) is 0 Å². The van der Waals surface area contributed by atoms with Crippen molar-refractivity contribution in [2.24, 2.45) is 0 Å². The molecule has 128 valence electrons. The van der Waals surface area contributed by atoms with Gasteiger partial charge in [0.2, 0.25) is 5.91 Å². The van der Waals surface area contributed by atoms with E-state index in [9.17, 15) is 4.79 Å². The normalized spacial score (nSPS) is 13.2. The van der Waals surface area contributed by atoms with E-state index in [1.807, 2.05) is 63.2 Å². The van der Waals surface area contributed by atoms with Crippen LogP contribution in [0.5, 0.6) is 5.75 Å². The zero-order valence-corrected chi connectivity index (χ0v) is 16.0. The van der Waals surface area contributed by atoms with E-state index in [1.165, 1.54) is 0 Å². The number of amides is 1. The van der Waals surface area contributed by atoms with Crippen LogP contribution in [0.1, 0.15) is 31.0 Å². The fraction of sp³-hybridized carbons (Fsp3) is 0.316. The minimum atomic E-state index is -0.339. The Labute approximate surface area is 151 Å². The number of methoxy groups -OCH3 is 1. The van der Waals surface area contributed by atoms with Gasteiger partial charge in [-0.2, -0.15) is 0 Å². The van der Waals surface area contributed by atoms with Crippen molar-refractivity contribution < 1.29 is 9.53 Å². The standard InChI is InChI=1S/C19H23BrN2O2/c1-12-5-10-18(24-4)17(11-12)22-19(23)14(3)21-13(2)15-6-8-16(20)9-7-15/h5-11,13-14,21H,1-4H3,(H,22,23)/t13-,14+/m0/s1. The highest BCUT2D eigenvalue weighted by Gasteiger charge is 2.17. The van der Waals surface area contributed by atoms with Gasteiger partial charge in [-0.25, -0.2) is 0 Å². The molecule has 2 N–H and O–H groups in total. The van der Waals surface area contributed by atoms with Gasteiger partial charge in [0.1, 0.15) is 5.75 Å². The molecule has 0 spiro atoms. The van der Waals surface area contributed by atoms with E-state index in [0.717, 1.165) is 15.6 Å². The van der Waals surface area contributed by atoms with Crippen molar-refractivity contribution >= 4 is 27.5 Å². The predicted octanol–water partition coefficient (Wildman–Crippen LogP) is 4.44. The summed E-state index contributed by atoms with van der Waals surface area (Å²) < 4.78 is 6.34. The number of nitrogens with one attached hydrogen (secondary N) is 2. The SMILES string of the molecule is COc1ccc(C)cc1NC(=O)[C@@H](C)N[C@@H](C)c1ccc(Br)cc1. The number of hydrogen-bond donors (Lipinski definition) is 2. The molecule has 4 nitrogen and oxygen atoms in total. The Hall–Kier alpha value is -1.85. The molecule has 0 aliphatic carbocycles. The maximum atomic E-state index is 12.5. The molecule has 2 aromatic rings. The number of benzene rings is 2. The lowest BCUT2D eigenvalue weighted by atomic mass is 10.1. The third-order valence-corrected chi connectivity index (χ3v) is 4.40. The molecule has 24 heavy (non-hydrogen) atoms. The summed E-state index contributed by atoms with van der Waals surface area (Å²) in [5, 5.41) is 6.25. The van der Waals surface area contributed by atoms with Crippen molar-refractivity contribution in [2.45, 2.75) is 32.9 Å². The largest absolute Gasteiger partial charge is 0.495 e. The molecule has 1 amide bonds. The van der Waals surface area contributed by atoms with E-state index in [4.69, 9.17) is 4.74 Å². The first-order chi connectivity index (χ1) is 11.4. The Balaban J connectivity index is 2.02. The van der Waals surface area contributed by atoms with Crippen LogP contribution in [0.3, 0.4) is 0 Å². The molecule has 0 unspecified atom stereocenters. The Bertz CT molecular complexity index is 701. The molecular formula is C19H23BrN2O2. The zero-order chi connectivity index (χ0) is 17.7. The number of anilines is 1. The smallest absolute Gasteiger partial charge is 0.241 e. The number of rotatable bonds is 6. The fourth-order valence-electron chi connectivity index (χ4n) is 2.46. The Morgan fingerprint density at radius 3 is 2.42 bits per heavy atom. The average Bonchev–Trinajstić information content (AvgIpc) is 2.55. The van der Waals surface area contributed by atoms with Gasteiger partial charge >= 0.3 is 0 Å². The summed E-state index contributed by atoms with van der Waals surface area (Å²) in [7, 11) is 1.59. The number of carbonyl (C=O) groups excluding carboxylic acids is 1. The Kier molecular flexibility index (Phi) is 6.40. The zero-order valence-electron chi connectivity index (χ0n) is 14.4. The van der Waals surface area contributed by atoms with Gasteiger partial charge in [-0.1, -0.05) is 34.1 Å². The van der Waals surface area contributed by atoms with Crippen molar-refractivity contribution in [2.75, 3.05) is 12.4 Å². The van der Waals surface area contributed by atoms with E-state index in [-0.39, 0.29) is 18.0 Å². The van der Waals surface area contributed by atoms with Crippen LogP contribution in [0.15, 0.2) is 46.9 Å². The first kappa shape index (κ1) is 18.5. The molecule has 0 aliphatic heterocycles. The first-order valence-corrected chi connectivity index (χ1v) is 8.67. The lowest BCUT2D eigenvalue weighted by Crippen LogP contribution is -2.39. The van der Waals surface area contributed by atoms with Gasteiger partial charge in [0, 0.05) is 10.5 Å². The van der Waals surface area contributed by atoms with Gasteiger partial charge in [-0.3, -0.25) is 10.1 Å². The number of hydrogen-bond acceptors (Lipinski definition) is 3. The van der Waals surface area contributed by atoms with Crippen LogP contribution in [-0.2, 0) is 4.79 Å². The minimum Gasteiger partial charge on any atom is -0.495 e. The van der Waals surface area contributed by atoms with Crippen molar-refractivity contribution in [1.82, 2.24) is 5.32 Å². The molecule has 0 aliphatic rings. The maximum Gasteiger partial charge on any atom is 0.241 e. The summed E-state index contributed by atoms with van der Waals surface area (Å²) in [6.45, 7) is 5.87. The molecule has 5 heteroatoms. The van der Waals surface area contributed by atoms with E-state index in [1.54, 1.807) is 7.11 Å². The summed E-state index contributed by atoms with van der Waals surface area (Å²) in [5.41, 5.74) is 2.88. The monoisotopic (exact) mass is 390 g/mol. The maximum absolute atomic E-state index is 12.5. The van der Waals surface area contributed by atoms with Crippen LogP contribution in [0.2, 0.25) is 0 Å². The third-order valence-electron chi connectivity index (χ3n) is 3.88. The minimum absolute atomic E-state index is 0.0678. The van der Waals surface area contributed by atoms with Crippen LogP contribution in [-0.4, -0.2) is 19.1 Å². The molecule has 0 heterocycles. The van der Waals surface area contributed by atoms with Crippen LogP contribution in [0.4, 0.5) is 5.69 Å². The second-order valence-corrected chi connectivity index (χ2v) is 6.77. The van der Waals surface area contributed by atoms with Crippen molar-refractivity contribution in [3.05, 3.63) is 58.1 Å². The highest BCUT2D eigenvalue weighted by molar-refractivity contribution is 9.10.